The minimum atomic E-state index is 0.0198. The average molecular weight is 273 g/mol. The Kier molecular flexibility index (Phi) is 3.76. The maximum Gasteiger partial charge on any atom is 0.124 e. The van der Waals surface area contributed by atoms with Crippen LogP contribution >= 0.6 is 0 Å². The molecule has 2 aliphatic rings. The van der Waals surface area contributed by atoms with Gasteiger partial charge in [-0.2, -0.15) is 0 Å². The SMILES string of the molecule is CCCC1CCC2(CC1)C[C@@H](N)c1cc(C)ccc1O2. The zero-order valence-electron chi connectivity index (χ0n) is 12.8. The van der Waals surface area contributed by atoms with Crippen molar-refractivity contribution in [2.24, 2.45) is 11.7 Å². The van der Waals surface area contributed by atoms with Gasteiger partial charge < -0.3 is 10.5 Å². The summed E-state index contributed by atoms with van der Waals surface area (Å²) in [4.78, 5) is 0. The van der Waals surface area contributed by atoms with E-state index in [1.165, 1.54) is 49.7 Å². The lowest BCUT2D eigenvalue weighted by Crippen LogP contribution is -2.45. The molecule has 1 aliphatic heterocycles. The van der Waals surface area contributed by atoms with Gasteiger partial charge in [-0.25, -0.2) is 0 Å². The first kappa shape index (κ1) is 13.9. The topological polar surface area (TPSA) is 35.2 Å². The molecule has 0 unspecified atom stereocenters. The molecule has 110 valence electrons. The Balaban J connectivity index is 1.76. The smallest absolute Gasteiger partial charge is 0.124 e. The molecule has 1 fully saturated rings. The van der Waals surface area contributed by atoms with Gasteiger partial charge in [0.05, 0.1) is 0 Å². The van der Waals surface area contributed by atoms with E-state index in [9.17, 15) is 0 Å². The van der Waals surface area contributed by atoms with Crippen molar-refractivity contribution in [1.82, 2.24) is 0 Å². The van der Waals surface area contributed by atoms with Gasteiger partial charge in [-0.1, -0.05) is 37.5 Å². The van der Waals surface area contributed by atoms with Crippen LogP contribution in [0.2, 0.25) is 0 Å². The summed E-state index contributed by atoms with van der Waals surface area (Å²) >= 11 is 0. The summed E-state index contributed by atoms with van der Waals surface area (Å²) in [6.07, 6.45) is 8.64. The van der Waals surface area contributed by atoms with Crippen molar-refractivity contribution >= 4 is 0 Å². The van der Waals surface area contributed by atoms with Gasteiger partial charge in [-0.3, -0.25) is 0 Å². The van der Waals surface area contributed by atoms with E-state index in [2.05, 4.69) is 32.0 Å². The molecule has 2 heteroatoms. The fourth-order valence-electron chi connectivity index (χ4n) is 4.04. The predicted octanol–water partition coefficient (Wildman–Crippen LogP) is 4.51. The highest BCUT2D eigenvalue weighted by molar-refractivity contribution is 5.41. The molecule has 0 bridgehead atoms. The summed E-state index contributed by atoms with van der Waals surface area (Å²) in [6, 6.07) is 6.58. The number of rotatable bonds is 2. The van der Waals surface area contributed by atoms with Gasteiger partial charge in [-0.15, -0.1) is 0 Å². The molecule has 0 saturated heterocycles. The minimum absolute atomic E-state index is 0.0198. The monoisotopic (exact) mass is 273 g/mol. The van der Waals surface area contributed by atoms with Gasteiger partial charge in [-0.05, 0) is 44.6 Å². The van der Waals surface area contributed by atoms with Crippen LogP contribution in [-0.2, 0) is 0 Å². The molecule has 1 aromatic carbocycles. The third-order valence-electron chi connectivity index (χ3n) is 5.20. The van der Waals surface area contributed by atoms with Crippen molar-refractivity contribution in [3.8, 4) is 5.75 Å². The van der Waals surface area contributed by atoms with Crippen LogP contribution in [0.4, 0.5) is 0 Å². The number of fused-ring (bicyclic) bond motifs is 1. The molecule has 1 aliphatic carbocycles. The van der Waals surface area contributed by atoms with E-state index in [0.717, 1.165) is 18.1 Å². The van der Waals surface area contributed by atoms with E-state index in [1.807, 2.05) is 0 Å². The average Bonchev–Trinajstić information content (AvgIpc) is 2.43. The summed E-state index contributed by atoms with van der Waals surface area (Å²) < 4.78 is 6.43. The van der Waals surface area contributed by atoms with E-state index in [1.54, 1.807) is 0 Å². The molecule has 1 spiro atoms. The minimum Gasteiger partial charge on any atom is -0.487 e. The summed E-state index contributed by atoms with van der Waals surface area (Å²) in [7, 11) is 0. The lowest BCUT2D eigenvalue weighted by Gasteiger charge is -2.45. The molecule has 2 N–H and O–H groups in total. The number of aryl methyl sites for hydroxylation is 1. The Morgan fingerprint density at radius 3 is 2.75 bits per heavy atom. The zero-order valence-corrected chi connectivity index (χ0v) is 12.8. The van der Waals surface area contributed by atoms with Crippen LogP contribution in [0.15, 0.2) is 18.2 Å². The second-order valence-electron chi connectivity index (χ2n) is 6.87. The highest BCUT2D eigenvalue weighted by atomic mass is 16.5. The van der Waals surface area contributed by atoms with Gasteiger partial charge in [0.2, 0.25) is 0 Å². The van der Waals surface area contributed by atoms with Crippen molar-refractivity contribution in [3.05, 3.63) is 29.3 Å². The molecule has 0 aromatic heterocycles. The summed E-state index contributed by atoms with van der Waals surface area (Å²) in [5.74, 6) is 1.94. The quantitative estimate of drug-likeness (QED) is 0.860. The standard InChI is InChI=1S/C18H27NO/c1-3-4-14-7-9-18(10-8-14)12-16(19)15-11-13(2)5-6-17(15)20-18/h5-6,11,14,16H,3-4,7-10,12,19H2,1-2H3/t14?,16-,18?/m1/s1. The normalized spacial score (nSPS) is 32.8. The van der Waals surface area contributed by atoms with Crippen molar-refractivity contribution in [3.63, 3.8) is 0 Å². The van der Waals surface area contributed by atoms with E-state index >= 15 is 0 Å². The first-order chi connectivity index (χ1) is 9.62. The number of hydrogen-bond acceptors (Lipinski definition) is 2. The molecule has 1 saturated carbocycles. The van der Waals surface area contributed by atoms with Gasteiger partial charge in [0.1, 0.15) is 11.4 Å². The van der Waals surface area contributed by atoms with Crippen molar-refractivity contribution in [1.29, 1.82) is 0 Å². The number of nitrogens with two attached hydrogens (primary N) is 1. The van der Waals surface area contributed by atoms with Crippen molar-refractivity contribution < 1.29 is 4.74 Å². The Morgan fingerprint density at radius 2 is 2.05 bits per heavy atom. The van der Waals surface area contributed by atoms with E-state index in [0.29, 0.717) is 0 Å². The summed E-state index contributed by atoms with van der Waals surface area (Å²) in [6.45, 7) is 4.41. The van der Waals surface area contributed by atoms with Crippen molar-refractivity contribution in [2.45, 2.75) is 70.4 Å². The first-order valence-corrected chi connectivity index (χ1v) is 8.17. The van der Waals surface area contributed by atoms with Gasteiger partial charge in [0, 0.05) is 18.0 Å². The van der Waals surface area contributed by atoms with Gasteiger partial charge in [0.15, 0.2) is 0 Å². The van der Waals surface area contributed by atoms with Gasteiger partial charge >= 0.3 is 0 Å². The molecular weight excluding hydrogens is 246 g/mol. The van der Waals surface area contributed by atoms with Gasteiger partial charge in [0.25, 0.3) is 0 Å². The molecule has 3 rings (SSSR count). The third kappa shape index (κ3) is 2.58. The second-order valence-corrected chi connectivity index (χ2v) is 6.87. The maximum absolute atomic E-state index is 6.43. The molecule has 1 atom stereocenters. The molecule has 20 heavy (non-hydrogen) atoms. The molecule has 2 nitrogen and oxygen atoms in total. The zero-order chi connectivity index (χ0) is 14.2. The lowest BCUT2D eigenvalue weighted by molar-refractivity contribution is -0.0116. The summed E-state index contributed by atoms with van der Waals surface area (Å²) in [5, 5.41) is 0. The van der Waals surface area contributed by atoms with E-state index in [-0.39, 0.29) is 11.6 Å². The maximum atomic E-state index is 6.43. The van der Waals surface area contributed by atoms with Crippen LogP contribution in [0.1, 0.15) is 69.0 Å². The number of hydrogen-bond donors (Lipinski definition) is 1. The number of ether oxygens (including phenoxy) is 1. The van der Waals surface area contributed by atoms with Crippen LogP contribution < -0.4 is 10.5 Å². The van der Waals surface area contributed by atoms with Crippen LogP contribution in [-0.4, -0.2) is 5.60 Å². The largest absolute Gasteiger partial charge is 0.487 e. The molecule has 1 aromatic rings. The van der Waals surface area contributed by atoms with Crippen LogP contribution in [0.5, 0.6) is 5.75 Å². The fraction of sp³-hybridized carbons (Fsp3) is 0.667. The van der Waals surface area contributed by atoms with E-state index in [4.69, 9.17) is 10.5 Å². The molecule has 0 amide bonds. The predicted molar refractivity (Wildman–Crippen MR) is 82.9 cm³/mol. The van der Waals surface area contributed by atoms with Crippen molar-refractivity contribution in [2.75, 3.05) is 0 Å². The fourth-order valence-corrected chi connectivity index (χ4v) is 4.04. The molecule has 0 radical (unpaired) electrons. The highest BCUT2D eigenvalue weighted by Crippen LogP contribution is 2.47. The molecular formula is C18H27NO. The third-order valence-corrected chi connectivity index (χ3v) is 5.20. The lowest BCUT2D eigenvalue weighted by atomic mass is 9.72. The highest BCUT2D eigenvalue weighted by Gasteiger charge is 2.42. The van der Waals surface area contributed by atoms with Crippen LogP contribution in [0.3, 0.4) is 0 Å². The molecule has 1 heterocycles. The Bertz CT molecular complexity index is 474. The Labute approximate surface area is 122 Å². The van der Waals surface area contributed by atoms with Crippen LogP contribution in [0.25, 0.3) is 0 Å². The first-order valence-electron chi connectivity index (χ1n) is 8.17. The number of benzene rings is 1. The van der Waals surface area contributed by atoms with E-state index < -0.39 is 0 Å². The summed E-state index contributed by atoms with van der Waals surface area (Å²) in [5.41, 5.74) is 8.92. The second kappa shape index (κ2) is 5.40. The van der Waals surface area contributed by atoms with Crippen LogP contribution in [0, 0.1) is 12.8 Å². The Hall–Kier alpha value is -1.02. The Morgan fingerprint density at radius 1 is 1.30 bits per heavy atom.